The zero-order chi connectivity index (χ0) is 13.8. The minimum absolute atomic E-state index is 0.322. The van der Waals surface area contributed by atoms with Gasteiger partial charge in [0.15, 0.2) is 0 Å². The Bertz CT molecular complexity index is 444. The van der Waals surface area contributed by atoms with E-state index in [0.29, 0.717) is 18.5 Å². The van der Waals surface area contributed by atoms with Gasteiger partial charge in [-0.2, -0.15) is 0 Å². The lowest BCUT2D eigenvalue weighted by atomic mass is 10.2. The third-order valence-corrected chi connectivity index (χ3v) is 3.69. The molecule has 0 spiro atoms. The van der Waals surface area contributed by atoms with Crippen molar-refractivity contribution in [2.75, 3.05) is 19.7 Å². The van der Waals surface area contributed by atoms with Crippen LogP contribution < -0.4 is 0 Å². The fourth-order valence-electron chi connectivity index (χ4n) is 2.68. The summed E-state index contributed by atoms with van der Waals surface area (Å²) in [5, 5.41) is 7.95. The van der Waals surface area contributed by atoms with Gasteiger partial charge in [-0.3, -0.25) is 4.90 Å². The summed E-state index contributed by atoms with van der Waals surface area (Å²) in [6.07, 6.45) is 2.38. The summed E-state index contributed by atoms with van der Waals surface area (Å²) < 4.78 is 6.91. The maximum absolute atomic E-state index is 11.8. The Morgan fingerprint density at radius 2 is 2.21 bits per heavy atom. The first-order valence-corrected chi connectivity index (χ1v) is 6.98. The van der Waals surface area contributed by atoms with Crippen LogP contribution in [-0.4, -0.2) is 51.4 Å². The highest BCUT2D eigenvalue weighted by atomic mass is 16.5. The Kier molecular flexibility index (Phi) is 4.52. The predicted octanol–water partition coefficient (Wildman–Crippen LogP) is 1.25. The third-order valence-electron chi connectivity index (χ3n) is 3.69. The molecule has 1 atom stereocenters. The van der Waals surface area contributed by atoms with E-state index in [4.69, 9.17) is 4.74 Å². The molecule has 1 unspecified atom stereocenters. The minimum atomic E-state index is -0.385. The summed E-state index contributed by atoms with van der Waals surface area (Å²) in [7, 11) is 0. The van der Waals surface area contributed by atoms with Crippen molar-refractivity contribution in [3.8, 4) is 0 Å². The molecule has 2 rings (SSSR count). The van der Waals surface area contributed by atoms with Crippen LogP contribution in [0, 0.1) is 6.92 Å². The van der Waals surface area contributed by atoms with Crippen molar-refractivity contribution in [1.82, 2.24) is 19.7 Å². The molecule has 1 saturated heterocycles. The SMILES string of the molecule is CCOC(=O)c1nnc(C)n1CC1CCCN1CC. The van der Waals surface area contributed by atoms with Gasteiger partial charge >= 0.3 is 5.97 Å². The normalized spacial score (nSPS) is 19.8. The van der Waals surface area contributed by atoms with Gasteiger partial charge in [0.05, 0.1) is 6.61 Å². The van der Waals surface area contributed by atoms with Crippen LogP contribution >= 0.6 is 0 Å². The van der Waals surface area contributed by atoms with E-state index < -0.39 is 0 Å². The number of carbonyl (C=O) groups excluding carboxylic acids is 1. The first-order chi connectivity index (χ1) is 9.17. The monoisotopic (exact) mass is 266 g/mol. The molecule has 6 nitrogen and oxygen atoms in total. The number of aromatic nitrogens is 3. The molecule has 0 aliphatic carbocycles. The third kappa shape index (κ3) is 2.94. The van der Waals surface area contributed by atoms with Gasteiger partial charge in [0.1, 0.15) is 5.82 Å². The first kappa shape index (κ1) is 14.0. The number of aryl methyl sites for hydroxylation is 1. The van der Waals surface area contributed by atoms with Gasteiger partial charge in [0.25, 0.3) is 0 Å². The second kappa shape index (κ2) is 6.14. The summed E-state index contributed by atoms with van der Waals surface area (Å²) in [4.78, 5) is 14.3. The number of nitrogens with zero attached hydrogens (tertiary/aromatic N) is 4. The van der Waals surface area contributed by atoms with E-state index in [2.05, 4.69) is 22.0 Å². The lowest BCUT2D eigenvalue weighted by molar-refractivity contribution is 0.0503. The second-order valence-electron chi connectivity index (χ2n) is 4.83. The number of likely N-dealkylation sites (tertiary alicyclic amines) is 1. The average molecular weight is 266 g/mol. The molecular formula is C13H22N4O2. The van der Waals surface area contributed by atoms with Gasteiger partial charge in [-0.05, 0) is 39.8 Å². The molecular weight excluding hydrogens is 244 g/mol. The van der Waals surface area contributed by atoms with Crippen LogP contribution in [0.3, 0.4) is 0 Å². The zero-order valence-electron chi connectivity index (χ0n) is 11.9. The molecule has 1 aliphatic rings. The Morgan fingerprint density at radius 1 is 1.42 bits per heavy atom. The Balaban J connectivity index is 2.15. The highest BCUT2D eigenvalue weighted by Crippen LogP contribution is 2.19. The molecule has 2 heterocycles. The minimum Gasteiger partial charge on any atom is -0.460 e. The van der Waals surface area contributed by atoms with Crippen LogP contribution in [0.4, 0.5) is 0 Å². The maximum atomic E-state index is 11.8. The van der Waals surface area contributed by atoms with Gasteiger partial charge < -0.3 is 9.30 Å². The van der Waals surface area contributed by atoms with Gasteiger partial charge in [-0.15, -0.1) is 10.2 Å². The fourth-order valence-corrected chi connectivity index (χ4v) is 2.68. The first-order valence-electron chi connectivity index (χ1n) is 6.98. The number of rotatable bonds is 5. The van der Waals surface area contributed by atoms with Gasteiger partial charge in [-0.1, -0.05) is 6.92 Å². The molecule has 0 N–H and O–H groups in total. The summed E-state index contributed by atoms with van der Waals surface area (Å²) in [6, 6.07) is 0.466. The summed E-state index contributed by atoms with van der Waals surface area (Å²) in [6.45, 7) is 9.14. The number of hydrogen-bond donors (Lipinski definition) is 0. The molecule has 106 valence electrons. The van der Waals surface area contributed by atoms with E-state index >= 15 is 0 Å². The highest BCUT2D eigenvalue weighted by molar-refractivity contribution is 5.85. The van der Waals surface area contributed by atoms with E-state index in [9.17, 15) is 4.79 Å². The molecule has 0 aromatic carbocycles. The molecule has 1 aromatic heterocycles. The molecule has 1 fully saturated rings. The van der Waals surface area contributed by atoms with Crippen LogP contribution in [0.15, 0.2) is 0 Å². The van der Waals surface area contributed by atoms with Gasteiger partial charge in [0.2, 0.25) is 5.82 Å². The molecule has 0 radical (unpaired) electrons. The summed E-state index contributed by atoms with van der Waals surface area (Å²) >= 11 is 0. The van der Waals surface area contributed by atoms with Crippen molar-refractivity contribution in [2.24, 2.45) is 0 Å². The molecule has 19 heavy (non-hydrogen) atoms. The number of esters is 1. The predicted molar refractivity (Wildman–Crippen MR) is 71.0 cm³/mol. The van der Waals surface area contributed by atoms with E-state index in [1.807, 2.05) is 11.5 Å². The van der Waals surface area contributed by atoms with Gasteiger partial charge in [-0.25, -0.2) is 4.79 Å². The second-order valence-corrected chi connectivity index (χ2v) is 4.83. The van der Waals surface area contributed by atoms with Crippen LogP contribution in [0.1, 0.15) is 43.1 Å². The number of hydrogen-bond acceptors (Lipinski definition) is 5. The van der Waals surface area contributed by atoms with Crippen molar-refractivity contribution >= 4 is 5.97 Å². The maximum Gasteiger partial charge on any atom is 0.376 e. The highest BCUT2D eigenvalue weighted by Gasteiger charge is 2.26. The van der Waals surface area contributed by atoms with E-state index in [-0.39, 0.29) is 5.97 Å². The number of ether oxygens (including phenoxy) is 1. The van der Waals surface area contributed by atoms with Crippen molar-refractivity contribution in [1.29, 1.82) is 0 Å². The van der Waals surface area contributed by atoms with E-state index in [1.54, 1.807) is 6.92 Å². The van der Waals surface area contributed by atoms with Crippen LogP contribution in [0.25, 0.3) is 0 Å². The fraction of sp³-hybridized carbons (Fsp3) is 0.769. The standard InChI is InChI=1S/C13H22N4O2/c1-4-16-8-6-7-11(16)9-17-10(3)14-15-12(17)13(18)19-5-2/h11H,4-9H2,1-3H3. The number of carbonyl (C=O) groups is 1. The topological polar surface area (TPSA) is 60.2 Å². The van der Waals surface area contributed by atoms with Crippen molar-refractivity contribution in [2.45, 2.75) is 46.2 Å². The molecule has 1 aliphatic heterocycles. The zero-order valence-corrected chi connectivity index (χ0v) is 11.9. The quantitative estimate of drug-likeness (QED) is 0.751. The van der Waals surface area contributed by atoms with Crippen molar-refractivity contribution < 1.29 is 9.53 Å². The Morgan fingerprint density at radius 3 is 2.89 bits per heavy atom. The van der Waals surface area contributed by atoms with Crippen LogP contribution in [0.2, 0.25) is 0 Å². The molecule has 0 amide bonds. The van der Waals surface area contributed by atoms with E-state index in [0.717, 1.165) is 31.9 Å². The average Bonchev–Trinajstić information content (AvgIpc) is 2.98. The van der Waals surface area contributed by atoms with Crippen LogP contribution in [0.5, 0.6) is 0 Å². The smallest absolute Gasteiger partial charge is 0.376 e. The number of likely N-dealkylation sites (N-methyl/N-ethyl adjacent to an activating group) is 1. The van der Waals surface area contributed by atoms with Gasteiger partial charge in [0, 0.05) is 12.6 Å². The van der Waals surface area contributed by atoms with E-state index in [1.165, 1.54) is 6.42 Å². The summed E-state index contributed by atoms with van der Waals surface area (Å²) in [5.74, 6) is 0.706. The molecule has 0 bridgehead atoms. The lowest BCUT2D eigenvalue weighted by Gasteiger charge is -2.23. The Hall–Kier alpha value is -1.43. The lowest BCUT2D eigenvalue weighted by Crippen LogP contribution is -2.34. The largest absolute Gasteiger partial charge is 0.460 e. The molecule has 0 saturated carbocycles. The van der Waals surface area contributed by atoms with Crippen LogP contribution in [-0.2, 0) is 11.3 Å². The Labute approximate surface area is 113 Å². The summed E-state index contributed by atoms with van der Waals surface area (Å²) in [5.41, 5.74) is 0. The van der Waals surface area contributed by atoms with Crippen molar-refractivity contribution in [3.05, 3.63) is 11.6 Å². The molecule has 1 aromatic rings. The molecule has 6 heteroatoms. The van der Waals surface area contributed by atoms with Crippen molar-refractivity contribution in [3.63, 3.8) is 0 Å².